The van der Waals surface area contributed by atoms with Gasteiger partial charge in [-0.3, -0.25) is 14.2 Å². The van der Waals surface area contributed by atoms with Gasteiger partial charge in [0.2, 0.25) is 0 Å². The minimum Gasteiger partial charge on any atom is -0.286 e. The molecule has 1 aromatic carbocycles. The highest BCUT2D eigenvalue weighted by atomic mass is 32.1. The third-order valence-electron chi connectivity index (χ3n) is 4.98. The van der Waals surface area contributed by atoms with Crippen molar-refractivity contribution >= 4 is 33.7 Å². The first-order valence-corrected chi connectivity index (χ1v) is 9.96. The van der Waals surface area contributed by atoms with E-state index in [1.807, 2.05) is 0 Å². The molecule has 4 rings (SSSR count). The Kier molecular flexibility index (Phi) is 5.04. The molecular weight excluding hydrogens is 379 g/mol. The van der Waals surface area contributed by atoms with Gasteiger partial charge in [-0.25, -0.2) is 14.8 Å². The standard InChI is InChI=1S/C20H19FN4O2S/c1-12(18(26)24-23-10-13-6-2-4-8-15(13)21)25-11-22-19-17(20(25)27)14-7-3-5-9-16(14)28-19/h2,4,6,8,10-12H,3,5,7,9H2,1H3,(H,24,26)/b23-10-/t12-/m0/s1. The molecule has 2 aromatic heterocycles. The highest BCUT2D eigenvalue weighted by molar-refractivity contribution is 7.18. The maximum absolute atomic E-state index is 13.6. The topological polar surface area (TPSA) is 76.3 Å². The summed E-state index contributed by atoms with van der Waals surface area (Å²) in [6.07, 6.45) is 6.71. The van der Waals surface area contributed by atoms with Gasteiger partial charge in [0.25, 0.3) is 11.5 Å². The summed E-state index contributed by atoms with van der Waals surface area (Å²) in [5, 5.41) is 4.44. The van der Waals surface area contributed by atoms with Crippen LogP contribution in [0.25, 0.3) is 10.2 Å². The fraction of sp³-hybridized carbons (Fsp3) is 0.300. The molecule has 6 nitrogen and oxygen atoms in total. The van der Waals surface area contributed by atoms with E-state index >= 15 is 0 Å². The van der Waals surface area contributed by atoms with Crippen LogP contribution in [-0.2, 0) is 17.6 Å². The summed E-state index contributed by atoms with van der Waals surface area (Å²) in [6, 6.07) is 5.33. The van der Waals surface area contributed by atoms with Crippen LogP contribution < -0.4 is 11.0 Å². The molecule has 0 unspecified atom stereocenters. The molecular formula is C20H19FN4O2S. The highest BCUT2D eigenvalue weighted by Gasteiger charge is 2.23. The Morgan fingerprint density at radius 2 is 2.14 bits per heavy atom. The number of carbonyl (C=O) groups excluding carboxylic acids is 1. The maximum Gasteiger partial charge on any atom is 0.263 e. The number of aryl methyl sites for hydroxylation is 2. The number of nitrogens with one attached hydrogen (secondary N) is 1. The van der Waals surface area contributed by atoms with E-state index in [0.717, 1.165) is 36.1 Å². The lowest BCUT2D eigenvalue weighted by molar-refractivity contribution is -0.123. The molecule has 2 heterocycles. The molecule has 1 aliphatic carbocycles. The number of aromatic nitrogens is 2. The van der Waals surface area contributed by atoms with Crippen LogP contribution >= 0.6 is 11.3 Å². The number of benzene rings is 1. The van der Waals surface area contributed by atoms with Crippen LogP contribution in [0.5, 0.6) is 0 Å². The van der Waals surface area contributed by atoms with Crippen LogP contribution in [0, 0.1) is 5.82 Å². The number of hydrogen-bond donors (Lipinski definition) is 1. The van der Waals surface area contributed by atoms with Crippen LogP contribution in [0.1, 0.15) is 41.8 Å². The molecule has 0 radical (unpaired) electrons. The van der Waals surface area contributed by atoms with Gasteiger partial charge >= 0.3 is 0 Å². The second-order valence-corrected chi connectivity index (χ2v) is 7.86. The normalized spacial score (nSPS) is 14.9. The van der Waals surface area contributed by atoms with Crippen LogP contribution in [0.2, 0.25) is 0 Å². The summed E-state index contributed by atoms with van der Waals surface area (Å²) in [4.78, 5) is 31.8. The number of hydrazone groups is 1. The summed E-state index contributed by atoms with van der Waals surface area (Å²) in [5.74, 6) is -0.901. The fourth-order valence-electron chi connectivity index (χ4n) is 3.40. The van der Waals surface area contributed by atoms with Crippen molar-refractivity contribution in [2.45, 2.75) is 38.6 Å². The Bertz CT molecular complexity index is 1130. The zero-order chi connectivity index (χ0) is 19.7. The molecule has 144 valence electrons. The molecule has 0 spiro atoms. The largest absolute Gasteiger partial charge is 0.286 e. The third kappa shape index (κ3) is 3.35. The van der Waals surface area contributed by atoms with E-state index < -0.39 is 17.8 Å². The number of nitrogens with zero attached hydrogens (tertiary/aromatic N) is 3. The maximum atomic E-state index is 13.6. The summed E-state index contributed by atoms with van der Waals surface area (Å²) < 4.78 is 14.9. The molecule has 0 fully saturated rings. The van der Waals surface area contributed by atoms with Gasteiger partial charge in [-0.2, -0.15) is 5.10 Å². The van der Waals surface area contributed by atoms with Crippen molar-refractivity contribution in [3.8, 4) is 0 Å². The fourth-order valence-corrected chi connectivity index (χ4v) is 4.62. The molecule has 1 amide bonds. The van der Waals surface area contributed by atoms with E-state index in [9.17, 15) is 14.0 Å². The van der Waals surface area contributed by atoms with Crippen molar-refractivity contribution in [3.05, 3.63) is 62.8 Å². The molecule has 0 saturated heterocycles. The zero-order valence-corrected chi connectivity index (χ0v) is 16.1. The van der Waals surface area contributed by atoms with Gasteiger partial charge in [0.05, 0.1) is 17.9 Å². The molecule has 8 heteroatoms. The first-order valence-electron chi connectivity index (χ1n) is 9.15. The van der Waals surface area contributed by atoms with E-state index in [-0.39, 0.29) is 11.1 Å². The number of halogens is 1. The third-order valence-corrected chi connectivity index (χ3v) is 6.18. The Morgan fingerprint density at radius 1 is 1.36 bits per heavy atom. The van der Waals surface area contributed by atoms with Crippen molar-refractivity contribution in [1.82, 2.24) is 15.0 Å². The Morgan fingerprint density at radius 3 is 2.96 bits per heavy atom. The summed E-state index contributed by atoms with van der Waals surface area (Å²) >= 11 is 1.57. The van der Waals surface area contributed by atoms with E-state index in [1.165, 1.54) is 28.1 Å². The lowest BCUT2D eigenvalue weighted by atomic mass is 9.97. The van der Waals surface area contributed by atoms with Crippen molar-refractivity contribution in [2.75, 3.05) is 0 Å². The van der Waals surface area contributed by atoms with Gasteiger partial charge in [0.1, 0.15) is 16.7 Å². The van der Waals surface area contributed by atoms with Crippen molar-refractivity contribution in [2.24, 2.45) is 5.10 Å². The Balaban J connectivity index is 1.57. The molecule has 1 atom stereocenters. The number of carbonyl (C=O) groups is 1. The van der Waals surface area contributed by atoms with Gasteiger partial charge in [0.15, 0.2) is 0 Å². The number of rotatable bonds is 4. The van der Waals surface area contributed by atoms with Crippen molar-refractivity contribution in [3.63, 3.8) is 0 Å². The molecule has 1 N–H and O–H groups in total. The number of hydrogen-bond acceptors (Lipinski definition) is 5. The lowest BCUT2D eigenvalue weighted by Gasteiger charge is -2.14. The average molecular weight is 398 g/mol. The predicted molar refractivity (Wildman–Crippen MR) is 107 cm³/mol. The van der Waals surface area contributed by atoms with Crippen LogP contribution in [-0.4, -0.2) is 21.7 Å². The van der Waals surface area contributed by atoms with E-state index in [1.54, 1.807) is 36.5 Å². The van der Waals surface area contributed by atoms with Gasteiger partial charge < -0.3 is 0 Å². The van der Waals surface area contributed by atoms with Gasteiger partial charge in [-0.15, -0.1) is 11.3 Å². The molecule has 0 bridgehead atoms. The van der Waals surface area contributed by atoms with Gasteiger partial charge in [-0.1, -0.05) is 18.2 Å². The second kappa shape index (κ2) is 7.63. The SMILES string of the molecule is C[C@@H](C(=O)N/N=C\c1ccccc1F)n1cnc2sc3c(c2c1=O)CCCC3. The number of amides is 1. The lowest BCUT2D eigenvalue weighted by Crippen LogP contribution is -2.34. The van der Waals surface area contributed by atoms with Crippen molar-refractivity contribution in [1.29, 1.82) is 0 Å². The number of fused-ring (bicyclic) bond motifs is 3. The quantitative estimate of drug-likeness (QED) is 0.542. The molecule has 28 heavy (non-hydrogen) atoms. The van der Waals surface area contributed by atoms with E-state index in [2.05, 4.69) is 15.5 Å². The first-order chi connectivity index (χ1) is 13.6. The van der Waals surface area contributed by atoms with Crippen LogP contribution in [0.15, 0.2) is 40.5 Å². The summed E-state index contributed by atoms with van der Waals surface area (Å²) in [7, 11) is 0. The summed E-state index contributed by atoms with van der Waals surface area (Å²) in [5.41, 5.74) is 3.51. The van der Waals surface area contributed by atoms with Crippen LogP contribution in [0.4, 0.5) is 4.39 Å². The summed E-state index contributed by atoms with van der Waals surface area (Å²) in [6.45, 7) is 1.61. The smallest absolute Gasteiger partial charge is 0.263 e. The minimum atomic E-state index is -0.790. The van der Waals surface area contributed by atoms with Gasteiger partial charge in [0, 0.05) is 10.4 Å². The molecule has 0 saturated carbocycles. The van der Waals surface area contributed by atoms with E-state index in [4.69, 9.17) is 0 Å². The molecule has 0 aliphatic heterocycles. The Labute approximate surface area is 164 Å². The number of thiophene rings is 1. The monoisotopic (exact) mass is 398 g/mol. The van der Waals surface area contributed by atoms with Crippen LogP contribution in [0.3, 0.4) is 0 Å². The first kappa shape index (κ1) is 18.5. The predicted octanol–water partition coefficient (Wildman–Crippen LogP) is 3.19. The second-order valence-electron chi connectivity index (χ2n) is 6.78. The molecule has 3 aromatic rings. The minimum absolute atomic E-state index is 0.204. The molecule has 1 aliphatic rings. The van der Waals surface area contributed by atoms with Gasteiger partial charge in [-0.05, 0) is 44.2 Å². The Hall–Kier alpha value is -2.87. The van der Waals surface area contributed by atoms with Crippen molar-refractivity contribution < 1.29 is 9.18 Å². The highest BCUT2D eigenvalue weighted by Crippen LogP contribution is 2.33. The zero-order valence-electron chi connectivity index (χ0n) is 15.3. The average Bonchev–Trinajstić information content (AvgIpc) is 3.08. The van der Waals surface area contributed by atoms with E-state index in [0.29, 0.717) is 5.39 Å².